The van der Waals surface area contributed by atoms with Crippen molar-refractivity contribution < 1.29 is 13.2 Å². The molecular formula is C14H15F3N2. The van der Waals surface area contributed by atoms with Crippen LogP contribution in [0.5, 0.6) is 0 Å². The lowest BCUT2D eigenvalue weighted by Gasteiger charge is -2.16. The maximum atomic E-state index is 12.6. The molecule has 0 aliphatic heterocycles. The molecule has 0 fully saturated rings. The quantitative estimate of drug-likeness (QED) is 0.774. The Hall–Kier alpha value is -1.96. The van der Waals surface area contributed by atoms with E-state index in [-0.39, 0.29) is 11.1 Å². The highest BCUT2D eigenvalue weighted by Crippen LogP contribution is 2.30. The van der Waals surface area contributed by atoms with Crippen LogP contribution in [-0.2, 0) is 6.18 Å². The SMILES string of the molecule is CCN(C=C(C#N)c1cccc(C(F)(F)F)c1)CC. The molecule has 0 heterocycles. The van der Waals surface area contributed by atoms with Gasteiger partial charge in [-0.3, -0.25) is 0 Å². The lowest BCUT2D eigenvalue weighted by molar-refractivity contribution is -0.137. The van der Waals surface area contributed by atoms with Gasteiger partial charge in [-0.05, 0) is 31.5 Å². The minimum Gasteiger partial charge on any atom is -0.377 e. The second-order valence-electron chi connectivity index (χ2n) is 3.95. The number of hydrogen-bond donors (Lipinski definition) is 0. The van der Waals surface area contributed by atoms with Crippen LogP contribution in [0.4, 0.5) is 13.2 Å². The monoisotopic (exact) mass is 268 g/mol. The molecule has 0 N–H and O–H groups in total. The first-order valence-electron chi connectivity index (χ1n) is 5.96. The zero-order valence-electron chi connectivity index (χ0n) is 10.8. The first-order chi connectivity index (χ1) is 8.92. The van der Waals surface area contributed by atoms with E-state index in [4.69, 9.17) is 5.26 Å². The predicted molar refractivity (Wildman–Crippen MR) is 68.0 cm³/mol. The van der Waals surface area contributed by atoms with E-state index in [1.165, 1.54) is 12.1 Å². The Labute approximate surface area is 110 Å². The molecule has 0 amide bonds. The fraction of sp³-hybridized carbons (Fsp3) is 0.357. The van der Waals surface area contributed by atoms with Crippen LogP contribution in [0.3, 0.4) is 0 Å². The third kappa shape index (κ3) is 4.02. The molecule has 1 rings (SSSR count). The fourth-order valence-electron chi connectivity index (χ4n) is 1.62. The van der Waals surface area contributed by atoms with Crippen LogP contribution in [0.2, 0.25) is 0 Å². The maximum absolute atomic E-state index is 12.6. The van der Waals surface area contributed by atoms with Crippen molar-refractivity contribution in [3.8, 4) is 6.07 Å². The van der Waals surface area contributed by atoms with Gasteiger partial charge in [0, 0.05) is 19.3 Å². The summed E-state index contributed by atoms with van der Waals surface area (Å²) in [5.41, 5.74) is -0.232. The largest absolute Gasteiger partial charge is 0.416 e. The molecule has 0 aromatic heterocycles. The number of halogens is 3. The second-order valence-corrected chi connectivity index (χ2v) is 3.95. The van der Waals surface area contributed by atoms with E-state index in [1.54, 1.807) is 6.20 Å². The third-order valence-corrected chi connectivity index (χ3v) is 2.75. The van der Waals surface area contributed by atoms with Crippen molar-refractivity contribution in [3.05, 3.63) is 41.6 Å². The van der Waals surface area contributed by atoms with Crippen LogP contribution < -0.4 is 0 Å². The number of nitrogens with zero attached hydrogens (tertiary/aromatic N) is 2. The van der Waals surface area contributed by atoms with Gasteiger partial charge < -0.3 is 4.90 Å². The van der Waals surface area contributed by atoms with Gasteiger partial charge in [-0.2, -0.15) is 18.4 Å². The number of allylic oxidation sites excluding steroid dienone is 1. The molecule has 0 spiro atoms. The summed E-state index contributed by atoms with van der Waals surface area (Å²) in [4.78, 5) is 1.86. The summed E-state index contributed by atoms with van der Waals surface area (Å²) in [5.74, 6) is 0. The summed E-state index contributed by atoms with van der Waals surface area (Å²) < 4.78 is 37.9. The molecule has 0 aliphatic carbocycles. The van der Waals surface area contributed by atoms with Crippen molar-refractivity contribution in [2.45, 2.75) is 20.0 Å². The summed E-state index contributed by atoms with van der Waals surface area (Å²) >= 11 is 0. The molecule has 19 heavy (non-hydrogen) atoms. The first kappa shape index (κ1) is 15.1. The van der Waals surface area contributed by atoms with Gasteiger partial charge in [-0.15, -0.1) is 0 Å². The molecule has 0 atom stereocenters. The van der Waals surface area contributed by atoms with E-state index in [2.05, 4.69) is 0 Å². The summed E-state index contributed by atoms with van der Waals surface area (Å²) in [6.07, 6.45) is -2.80. The molecule has 0 aliphatic rings. The molecule has 0 unspecified atom stereocenters. The molecule has 2 nitrogen and oxygen atoms in total. The molecular weight excluding hydrogens is 253 g/mol. The summed E-state index contributed by atoms with van der Waals surface area (Å²) in [7, 11) is 0. The van der Waals surface area contributed by atoms with Crippen molar-refractivity contribution in [2.75, 3.05) is 13.1 Å². The average Bonchev–Trinajstić information content (AvgIpc) is 2.39. The van der Waals surface area contributed by atoms with Crippen LogP contribution in [0.1, 0.15) is 25.0 Å². The average molecular weight is 268 g/mol. The van der Waals surface area contributed by atoms with Crippen LogP contribution in [-0.4, -0.2) is 18.0 Å². The summed E-state index contributed by atoms with van der Waals surface area (Å²) in [6.45, 7) is 5.23. The highest BCUT2D eigenvalue weighted by atomic mass is 19.4. The van der Waals surface area contributed by atoms with Crippen LogP contribution >= 0.6 is 0 Å². The van der Waals surface area contributed by atoms with E-state index in [0.717, 1.165) is 12.1 Å². The highest BCUT2D eigenvalue weighted by Gasteiger charge is 2.30. The van der Waals surface area contributed by atoms with Crippen molar-refractivity contribution >= 4 is 5.57 Å². The van der Waals surface area contributed by atoms with Gasteiger partial charge in [0.05, 0.1) is 11.1 Å². The Bertz CT molecular complexity index is 494. The van der Waals surface area contributed by atoms with Gasteiger partial charge in [0.25, 0.3) is 0 Å². The van der Waals surface area contributed by atoms with Gasteiger partial charge >= 0.3 is 6.18 Å². The van der Waals surface area contributed by atoms with E-state index >= 15 is 0 Å². The van der Waals surface area contributed by atoms with Gasteiger partial charge in [-0.25, -0.2) is 0 Å². The standard InChI is InChI=1S/C14H15F3N2/c1-3-19(4-2)10-12(9-18)11-6-5-7-13(8-11)14(15,16)17/h5-8,10H,3-4H2,1-2H3. The van der Waals surface area contributed by atoms with Crippen molar-refractivity contribution in [1.82, 2.24) is 4.90 Å². The van der Waals surface area contributed by atoms with Crippen molar-refractivity contribution in [2.24, 2.45) is 0 Å². The summed E-state index contributed by atoms with van der Waals surface area (Å²) in [6, 6.07) is 6.76. The second kappa shape index (κ2) is 6.28. The molecule has 0 bridgehead atoms. The molecule has 1 aromatic carbocycles. The van der Waals surface area contributed by atoms with Gasteiger partial charge in [0.15, 0.2) is 0 Å². The van der Waals surface area contributed by atoms with Gasteiger partial charge in [0.1, 0.15) is 6.07 Å². The van der Waals surface area contributed by atoms with Gasteiger partial charge in [0.2, 0.25) is 0 Å². The first-order valence-corrected chi connectivity index (χ1v) is 5.96. The van der Waals surface area contributed by atoms with E-state index < -0.39 is 11.7 Å². The van der Waals surface area contributed by atoms with E-state index in [0.29, 0.717) is 13.1 Å². The number of benzene rings is 1. The minimum absolute atomic E-state index is 0.231. The zero-order chi connectivity index (χ0) is 14.5. The van der Waals surface area contributed by atoms with Gasteiger partial charge in [-0.1, -0.05) is 12.1 Å². The lowest BCUT2D eigenvalue weighted by Crippen LogP contribution is -2.16. The Kier molecular flexibility index (Phi) is 4.99. The molecule has 102 valence electrons. The Balaban J connectivity index is 3.17. The maximum Gasteiger partial charge on any atom is 0.416 e. The van der Waals surface area contributed by atoms with Crippen LogP contribution in [0.15, 0.2) is 30.5 Å². The normalized spacial score (nSPS) is 12.1. The van der Waals surface area contributed by atoms with Crippen LogP contribution in [0.25, 0.3) is 5.57 Å². The number of hydrogen-bond acceptors (Lipinski definition) is 2. The predicted octanol–water partition coefficient (Wildman–Crippen LogP) is 3.91. The fourth-order valence-corrected chi connectivity index (χ4v) is 1.62. The Morgan fingerprint density at radius 2 is 1.95 bits per heavy atom. The number of alkyl halides is 3. The number of rotatable bonds is 4. The molecule has 5 heteroatoms. The van der Waals surface area contributed by atoms with E-state index in [9.17, 15) is 13.2 Å². The zero-order valence-corrected chi connectivity index (χ0v) is 10.8. The summed E-state index contributed by atoms with van der Waals surface area (Å²) in [5, 5.41) is 9.09. The van der Waals surface area contributed by atoms with Crippen LogP contribution in [0, 0.1) is 11.3 Å². The highest BCUT2D eigenvalue weighted by molar-refractivity contribution is 5.76. The Morgan fingerprint density at radius 3 is 2.42 bits per heavy atom. The Morgan fingerprint density at radius 1 is 1.32 bits per heavy atom. The molecule has 0 saturated heterocycles. The molecule has 0 radical (unpaired) electrons. The van der Waals surface area contributed by atoms with Crippen molar-refractivity contribution in [3.63, 3.8) is 0 Å². The third-order valence-electron chi connectivity index (χ3n) is 2.75. The van der Waals surface area contributed by atoms with E-state index in [1.807, 2.05) is 24.8 Å². The topological polar surface area (TPSA) is 27.0 Å². The molecule has 1 aromatic rings. The van der Waals surface area contributed by atoms with Crippen molar-refractivity contribution in [1.29, 1.82) is 5.26 Å². The lowest BCUT2D eigenvalue weighted by atomic mass is 10.0. The minimum atomic E-state index is -4.40. The smallest absolute Gasteiger partial charge is 0.377 e. The number of nitriles is 1. The molecule has 0 saturated carbocycles.